The SMILES string of the molecule is COc1ccc(Cl)cc1NC(=O)CSc1nnnn1-c1ccccc1C. The van der Waals surface area contributed by atoms with E-state index in [9.17, 15) is 4.79 Å². The van der Waals surface area contributed by atoms with E-state index in [0.29, 0.717) is 21.6 Å². The minimum Gasteiger partial charge on any atom is -0.495 e. The number of anilines is 1. The zero-order valence-corrected chi connectivity index (χ0v) is 15.7. The van der Waals surface area contributed by atoms with Crippen molar-refractivity contribution in [3.8, 4) is 11.4 Å². The number of nitrogens with one attached hydrogen (secondary N) is 1. The second kappa shape index (κ2) is 8.20. The van der Waals surface area contributed by atoms with Crippen LogP contribution in [0.15, 0.2) is 47.6 Å². The first-order chi connectivity index (χ1) is 12.6. The van der Waals surface area contributed by atoms with Crippen LogP contribution in [0.3, 0.4) is 0 Å². The van der Waals surface area contributed by atoms with Gasteiger partial charge in [0.25, 0.3) is 0 Å². The third kappa shape index (κ3) is 4.14. The summed E-state index contributed by atoms with van der Waals surface area (Å²) in [6.07, 6.45) is 0. The summed E-state index contributed by atoms with van der Waals surface area (Å²) in [6.45, 7) is 1.98. The number of tetrazole rings is 1. The summed E-state index contributed by atoms with van der Waals surface area (Å²) in [5.41, 5.74) is 2.43. The van der Waals surface area contributed by atoms with E-state index in [1.54, 1.807) is 22.9 Å². The number of hydrogen-bond donors (Lipinski definition) is 1. The van der Waals surface area contributed by atoms with E-state index in [1.165, 1.54) is 18.9 Å². The Labute approximate surface area is 159 Å². The van der Waals surface area contributed by atoms with Crippen molar-refractivity contribution in [2.75, 3.05) is 18.2 Å². The lowest BCUT2D eigenvalue weighted by Crippen LogP contribution is -2.15. The molecular weight excluding hydrogens is 374 g/mol. The molecule has 134 valence electrons. The molecule has 0 aliphatic rings. The quantitative estimate of drug-likeness (QED) is 0.651. The number of amides is 1. The molecule has 0 saturated heterocycles. The summed E-state index contributed by atoms with van der Waals surface area (Å²) in [5.74, 6) is 0.467. The van der Waals surface area contributed by atoms with Crippen molar-refractivity contribution in [2.45, 2.75) is 12.1 Å². The monoisotopic (exact) mass is 389 g/mol. The Morgan fingerprint density at radius 3 is 2.88 bits per heavy atom. The minimum atomic E-state index is -0.213. The largest absolute Gasteiger partial charge is 0.495 e. The molecule has 1 amide bonds. The van der Waals surface area contributed by atoms with E-state index in [2.05, 4.69) is 20.8 Å². The van der Waals surface area contributed by atoms with Crippen molar-refractivity contribution in [3.05, 3.63) is 53.1 Å². The summed E-state index contributed by atoms with van der Waals surface area (Å²) in [5, 5.41) is 15.6. The number of nitrogens with zero attached hydrogens (tertiary/aromatic N) is 4. The van der Waals surface area contributed by atoms with Crippen molar-refractivity contribution in [1.82, 2.24) is 20.2 Å². The lowest BCUT2D eigenvalue weighted by Gasteiger charge is -2.10. The third-order valence-electron chi connectivity index (χ3n) is 3.55. The van der Waals surface area contributed by atoms with Gasteiger partial charge in [-0.1, -0.05) is 41.6 Å². The molecule has 1 heterocycles. The maximum atomic E-state index is 12.3. The zero-order valence-electron chi connectivity index (χ0n) is 14.1. The molecule has 2 aromatic carbocycles. The van der Waals surface area contributed by atoms with Crippen LogP contribution in [0.1, 0.15) is 5.56 Å². The number of rotatable bonds is 6. The average Bonchev–Trinajstić information content (AvgIpc) is 3.09. The summed E-state index contributed by atoms with van der Waals surface area (Å²) in [6, 6.07) is 12.8. The molecular formula is C17H16ClN5O2S. The molecule has 0 saturated carbocycles. The Bertz CT molecular complexity index is 931. The highest BCUT2D eigenvalue weighted by Gasteiger charge is 2.14. The minimum absolute atomic E-state index is 0.141. The van der Waals surface area contributed by atoms with Gasteiger partial charge in [-0.15, -0.1) is 5.10 Å². The van der Waals surface area contributed by atoms with Gasteiger partial charge in [0.2, 0.25) is 11.1 Å². The lowest BCUT2D eigenvalue weighted by molar-refractivity contribution is -0.113. The highest BCUT2D eigenvalue weighted by Crippen LogP contribution is 2.28. The number of aromatic nitrogens is 4. The first kappa shape index (κ1) is 18.2. The molecule has 0 aliphatic heterocycles. The fourth-order valence-corrected chi connectivity index (χ4v) is 3.17. The fourth-order valence-electron chi connectivity index (χ4n) is 2.32. The Kier molecular flexibility index (Phi) is 5.75. The molecule has 0 radical (unpaired) electrons. The molecule has 7 nitrogen and oxygen atoms in total. The number of halogens is 1. The summed E-state index contributed by atoms with van der Waals surface area (Å²) >= 11 is 7.22. The smallest absolute Gasteiger partial charge is 0.234 e. The van der Waals surface area contributed by atoms with Gasteiger partial charge in [0, 0.05) is 5.02 Å². The van der Waals surface area contributed by atoms with Crippen molar-refractivity contribution < 1.29 is 9.53 Å². The van der Waals surface area contributed by atoms with Crippen molar-refractivity contribution >= 4 is 35.0 Å². The molecule has 3 rings (SSSR count). The number of benzene rings is 2. The Balaban J connectivity index is 1.69. The maximum Gasteiger partial charge on any atom is 0.234 e. The van der Waals surface area contributed by atoms with Gasteiger partial charge in [0.15, 0.2) is 0 Å². The number of aryl methyl sites for hydroxylation is 1. The summed E-state index contributed by atoms with van der Waals surface area (Å²) in [4.78, 5) is 12.3. The standard InChI is InChI=1S/C17H16ClN5O2S/c1-11-5-3-4-6-14(11)23-17(20-21-22-23)26-10-16(24)19-13-9-12(18)7-8-15(13)25-2/h3-9H,10H2,1-2H3,(H,19,24). The van der Waals surface area contributed by atoms with Crippen LogP contribution in [0.5, 0.6) is 5.75 Å². The molecule has 0 spiro atoms. The summed E-state index contributed by atoms with van der Waals surface area (Å²) < 4.78 is 6.84. The predicted molar refractivity (Wildman–Crippen MR) is 101 cm³/mol. The van der Waals surface area contributed by atoms with Gasteiger partial charge in [-0.3, -0.25) is 4.79 Å². The van der Waals surface area contributed by atoms with E-state index in [4.69, 9.17) is 16.3 Å². The molecule has 0 atom stereocenters. The molecule has 0 bridgehead atoms. The van der Waals surface area contributed by atoms with Crippen LogP contribution in [0.4, 0.5) is 5.69 Å². The molecule has 9 heteroatoms. The van der Waals surface area contributed by atoms with Crippen molar-refractivity contribution in [1.29, 1.82) is 0 Å². The van der Waals surface area contributed by atoms with E-state index < -0.39 is 0 Å². The van der Waals surface area contributed by atoms with E-state index in [1.807, 2.05) is 31.2 Å². The van der Waals surface area contributed by atoms with Gasteiger partial charge in [0.1, 0.15) is 5.75 Å². The van der Waals surface area contributed by atoms with Crippen LogP contribution in [0.25, 0.3) is 5.69 Å². The van der Waals surface area contributed by atoms with Gasteiger partial charge in [-0.05, 0) is 47.2 Å². The van der Waals surface area contributed by atoms with E-state index in [0.717, 1.165) is 11.3 Å². The number of thioether (sulfide) groups is 1. The van der Waals surface area contributed by atoms with E-state index in [-0.39, 0.29) is 11.7 Å². The molecule has 1 aromatic heterocycles. The molecule has 0 fully saturated rings. The first-order valence-electron chi connectivity index (χ1n) is 7.69. The van der Waals surface area contributed by atoms with Crippen LogP contribution in [0, 0.1) is 6.92 Å². The first-order valence-corrected chi connectivity index (χ1v) is 9.05. The number of ether oxygens (including phenoxy) is 1. The number of carbonyl (C=O) groups is 1. The Morgan fingerprint density at radius 2 is 2.12 bits per heavy atom. The third-order valence-corrected chi connectivity index (χ3v) is 4.71. The predicted octanol–water partition coefficient (Wildman–Crippen LogP) is 3.36. The fraction of sp³-hybridized carbons (Fsp3) is 0.176. The second-order valence-corrected chi connectivity index (χ2v) is 6.72. The molecule has 3 aromatic rings. The van der Waals surface area contributed by atoms with Crippen LogP contribution < -0.4 is 10.1 Å². The lowest BCUT2D eigenvalue weighted by atomic mass is 10.2. The molecule has 0 aliphatic carbocycles. The van der Waals surface area contributed by atoms with Crippen LogP contribution in [-0.2, 0) is 4.79 Å². The highest BCUT2D eigenvalue weighted by atomic mass is 35.5. The van der Waals surface area contributed by atoms with Crippen LogP contribution in [-0.4, -0.2) is 39.0 Å². The maximum absolute atomic E-state index is 12.3. The number of methoxy groups -OCH3 is 1. The van der Waals surface area contributed by atoms with Gasteiger partial charge < -0.3 is 10.1 Å². The number of carbonyl (C=O) groups excluding carboxylic acids is 1. The zero-order chi connectivity index (χ0) is 18.5. The van der Waals surface area contributed by atoms with Gasteiger partial charge in [-0.2, -0.15) is 4.68 Å². The van der Waals surface area contributed by atoms with Crippen molar-refractivity contribution in [3.63, 3.8) is 0 Å². The van der Waals surface area contributed by atoms with Crippen LogP contribution in [0.2, 0.25) is 5.02 Å². The number of hydrogen-bond acceptors (Lipinski definition) is 6. The van der Waals surface area contributed by atoms with E-state index >= 15 is 0 Å². The van der Waals surface area contributed by atoms with Crippen LogP contribution >= 0.6 is 23.4 Å². The normalized spacial score (nSPS) is 10.6. The Hall–Kier alpha value is -2.58. The Morgan fingerprint density at radius 1 is 1.31 bits per heavy atom. The average molecular weight is 390 g/mol. The van der Waals surface area contributed by atoms with Gasteiger partial charge >= 0.3 is 0 Å². The van der Waals surface area contributed by atoms with Crippen molar-refractivity contribution in [2.24, 2.45) is 0 Å². The molecule has 1 N–H and O–H groups in total. The van der Waals surface area contributed by atoms with Gasteiger partial charge in [0.05, 0.1) is 24.2 Å². The van der Waals surface area contributed by atoms with Gasteiger partial charge in [-0.25, -0.2) is 0 Å². The molecule has 0 unspecified atom stereocenters. The molecule has 26 heavy (non-hydrogen) atoms. The second-order valence-electron chi connectivity index (χ2n) is 5.34. The highest BCUT2D eigenvalue weighted by molar-refractivity contribution is 7.99. The topological polar surface area (TPSA) is 81.9 Å². The number of para-hydroxylation sites is 1. The summed E-state index contributed by atoms with van der Waals surface area (Å²) in [7, 11) is 1.53.